The third kappa shape index (κ3) is 4.03. The fraction of sp³-hybridized carbons (Fsp3) is 0.273. The van der Waals surface area contributed by atoms with Crippen LogP contribution in [0.1, 0.15) is 21.6 Å². The van der Waals surface area contributed by atoms with E-state index in [4.69, 9.17) is 0 Å². The number of carbonyl (C=O) groups excluding carboxylic acids is 1. The first kappa shape index (κ1) is 20.7. The summed E-state index contributed by atoms with van der Waals surface area (Å²) in [6.45, 7) is 4.93. The van der Waals surface area contributed by atoms with Gasteiger partial charge in [0.05, 0.1) is 4.90 Å². The van der Waals surface area contributed by atoms with Crippen LogP contribution < -0.4 is 0 Å². The van der Waals surface area contributed by atoms with E-state index in [9.17, 15) is 13.2 Å². The number of nitrogens with zero attached hydrogens (tertiary/aromatic N) is 3. The maximum absolute atomic E-state index is 13.1. The number of amides is 1. The van der Waals surface area contributed by atoms with Crippen LogP contribution in [0, 0.1) is 13.8 Å². The van der Waals surface area contributed by atoms with E-state index in [-0.39, 0.29) is 19.0 Å². The van der Waals surface area contributed by atoms with E-state index in [1.54, 1.807) is 23.3 Å². The van der Waals surface area contributed by atoms with Gasteiger partial charge in [0.25, 0.3) is 5.91 Å². The quantitative estimate of drug-likeness (QED) is 0.621. The van der Waals surface area contributed by atoms with Gasteiger partial charge in [0.1, 0.15) is 10.7 Å². The van der Waals surface area contributed by atoms with Crippen molar-refractivity contribution in [3.8, 4) is 10.6 Å². The van der Waals surface area contributed by atoms with Crippen molar-refractivity contribution in [1.29, 1.82) is 0 Å². The van der Waals surface area contributed by atoms with Gasteiger partial charge in [0.15, 0.2) is 0 Å². The zero-order valence-electron chi connectivity index (χ0n) is 16.9. The highest BCUT2D eigenvalue weighted by molar-refractivity contribution is 7.89. The van der Waals surface area contributed by atoms with Crippen molar-refractivity contribution in [3.63, 3.8) is 0 Å². The standard InChI is InChI=1S/C22H23N3O3S2/c1-16-8-9-17(2)20(14-16)30(27,28)25-12-10-24(11-13-25)22(26)19-15-29-21(23-19)18-6-4-3-5-7-18/h3-9,14-15H,10-13H2,1-2H3. The molecule has 0 N–H and O–H groups in total. The molecule has 0 aliphatic carbocycles. The Kier molecular flexibility index (Phi) is 5.73. The molecule has 1 aliphatic rings. The molecule has 0 radical (unpaired) electrons. The minimum atomic E-state index is -3.58. The second kappa shape index (κ2) is 8.29. The van der Waals surface area contributed by atoms with Crippen molar-refractivity contribution in [2.24, 2.45) is 0 Å². The normalized spacial score (nSPS) is 15.3. The molecule has 1 aromatic heterocycles. The van der Waals surface area contributed by atoms with Crippen LogP contribution in [-0.2, 0) is 10.0 Å². The van der Waals surface area contributed by atoms with Crippen molar-refractivity contribution in [2.45, 2.75) is 18.7 Å². The SMILES string of the molecule is Cc1ccc(C)c(S(=O)(=O)N2CCN(C(=O)c3csc(-c4ccccc4)n3)CC2)c1. The van der Waals surface area contributed by atoms with Gasteiger partial charge in [-0.15, -0.1) is 11.3 Å². The molecular formula is C22H23N3O3S2. The number of rotatable bonds is 4. The van der Waals surface area contributed by atoms with Crippen LogP contribution in [0.15, 0.2) is 58.8 Å². The molecule has 1 amide bonds. The Morgan fingerprint density at radius 2 is 1.70 bits per heavy atom. The molecule has 1 saturated heterocycles. The lowest BCUT2D eigenvalue weighted by atomic mass is 10.2. The number of benzene rings is 2. The predicted molar refractivity (Wildman–Crippen MR) is 118 cm³/mol. The Balaban J connectivity index is 1.45. The largest absolute Gasteiger partial charge is 0.335 e. The van der Waals surface area contributed by atoms with Gasteiger partial charge in [-0.05, 0) is 31.0 Å². The first-order chi connectivity index (χ1) is 14.4. The maximum Gasteiger partial charge on any atom is 0.273 e. The highest BCUT2D eigenvalue weighted by Gasteiger charge is 2.32. The second-order valence-electron chi connectivity index (χ2n) is 7.37. The number of sulfonamides is 1. The number of hydrogen-bond acceptors (Lipinski definition) is 5. The number of aromatic nitrogens is 1. The van der Waals surface area contributed by atoms with Crippen molar-refractivity contribution >= 4 is 27.3 Å². The van der Waals surface area contributed by atoms with Gasteiger partial charge in [0, 0.05) is 37.1 Å². The van der Waals surface area contributed by atoms with Gasteiger partial charge in [-0.1, -0.05) is 42.5 Å². The molecule has 0 atom stereocenters. The summed E-state index contributed by atoms with van der Waals surface area (Å²) in [6, 6.07) is 15.2. The summed E-state index contributed by atoms with van der Waals surface area (Å²) in [5, 5.41) is 2.57. The Hall–Kier alpha value is -2.55. The lowest BCUT2D eigenvalue weighted by molar-refractivity contribution is 0.0693. The summed E-state index contributed by atoms with van der Waals surface area (Å²) in [7, 11) is -3.58. The number of piperazine rings is 1. The molecule has 0 saturated carbocycles. The van der Waals surface area contributed by atoms with Crippen LogP contribution in [0.25, 0.3) is 10.6 Å². The van der Waals surface area contributed by atoms with Crippen molar-refractivity contribution in [1.82, 2.24) is 14.2 Å². The molecule has 0 unspecified atom stereocenters. The van der Waals surface area contributed by atoms with Crippen LogP contribution >= 0.6 is 11.3 Å². The lowest BCUT2D eigenvalue weighted by Crippen LogP contribution is -2.50. The summed E-state index contributed by atoms with van der Waals surface area (Å²) in [5.41, 5.74) is 3.02. The molecule has 0 bridgehead atoms. The van der Waals surface area contributed by atoms with E-state index in [1.165, 1.54) is 15.6 Å². The number of hydrogen-bond donors (Lipinski definition) is 0. The molecule has 30 heavy (non-hydrogen) atoms. The van der Waals surface area contributed by atoms with E-state index >= 15 is 0 Å². The van der Waals surface area contributed by atoms with Crippen molar-refractivity contribution in [3.05, 3.63) is 70.7 Å². The van der Waals surface area contributed by atoms with Gasteiger partial charge in [-0.2, -0.15) is 4.31 Å². The summed E-state index contributed by atoms with van der Waals surface area (Å²) >= 11 is 1.44. The molecule has 1 aliphatic heterocycles. The Morgan fingerprint density at radius 1 is 1.00 bits per heavy atom. The zero-order valence-corrected chi connectivity index (χ0v) is 18.5. The lowest BCUT2D eigenvalue weighted by Gasteiger charge is -2.34. The van der Waals surface area contributed by atoms with E-state index < -0.39 is 10.0 Å². The number of carbonyl (C=O) groups is 1. The van der Waals surface area contributed by atoms with E-state index in [1.807, 2.05) is 49.4 Å². The summed E-state index contributed by atoms with van der Waals surface area (Å²) < 4.78 is 27.6. The molecule has 4 rings (SSSR count). The summed E-state index contributed by atoms with van der Waals surface area (Å²) in [4.78, 5) is 19.4. The van der Waals surface area contributed by atoms with Crippen molar-refractivity contribution < 1.29 is 13.2 Å². The molecule has 8 heteroatoms. The van der Waals surface area contributed by atoms with Crippen LogP contribution in [0.5, 0.6) is 0 Å². The number of aryl methyl sites for hydroxylation is 2. The average Bonchev–Trinajstić information content (AvgIpc) is 3.26. The Morgan fingerprint density at radius 3 is 2.40 bits per heavy atom. The highest BCUT2D eigenvalue weighted by atomic mass is 32.2. The van der Waals surface area contributed by atoms with E-state index in [2.05, 4.69) is 4.98 Å². The molecule has 2 heterocycles. The maximum atomic E-state index is 13.1. The van der Waals surface area contributed by atoms with Gasteiger partial charge in [0.2, 0.25) is 10.0 Å². The smallest absolute Gasteiger partial charge is 0.273 e. The molecule has 3 aromatic rings. The van der Waals surface area contributed by atoms with Gasteiger partial charge < -0.3 is 4.90 Å². The van der Waals surface area contributed by atoms with Crippen LogP contribution in [0.4, 0.5) is 0 Å². The topological polar surface area (TPSA) is 70.6 Å². The molecule has 6 nitrogen and oxygen atoms in total. The van der Waals surface area contributed by atoms with Gasteiger partial charge >= 0.3 is 0 Å². The van der Waals surface area contributed by atoms with Gasteiger partial charge in [-0.25, -0.2) is 13.4 Å². The average molecular weight is 442 g/mol. The van der Waals surface area contributed by atoms with Crippen LogP contribution in [0.2, 0.25) is 0 Å². The molecular weight excluding hydrogens is 418 g/mol. The molecule has 156 valence electrons. The van der Waals surface area contributed by atoms with E-state index in [0.717, 1.165) is 21.7 Å². The minimum absolute atomic E-state index is 0.155. The molecule has 2 aromatic carbocycles. The zero-order chi connectivity index (χ0) is 21.3. The second-order valence-corrected chi connectivity index (χ2v) is 10.1. The van der Waals surface area contributed by atoms with Crippen LogP contribution in [-0.4, -0.2) is 54.7 Å². The summed E-state index contributed by atoms with van der Waals surface area (Å²) in [6.07, 6.45) is 0. The fourth-order valence-electron chi connectivity index (χ4n) is 3.50. The monoisotopic (exact) mass is 441 g/mol. The highest BCUT2D eigenvalue weighted by Crippen LogP contribution is 2.25. The first-order valence-corrected chi connectivity index (χ1v) is 12.1. The fourth-order valence-corrected chi connectivity index (χ4v) is 6.04. The van der Waals surface area contributed by atoms with Crippen LogP contribution in [0.3, 0.4) is 0 Å². The van der Waals surface area contributed by atoms with Crippen molar-refractivity contribution in [2.75, 3.05) is 26.2 Å². The number of thiazole rings is 1. The first-order valence-electron chi connectivity index (χ1n) is 9.74. The minimum Gasteiger partial charge on any atom is -0.335 e. The predicted octanol–water partition coefficient (Wildman–Crippen LogP) is 3.57. The molecule has 0 spiro atoms. The third-order valence-electron chi connectivity index (χ3n) is 5.23. The van der Waals surface area contributed by atoms with Gasteiger partial charge in [-0.3, -0.25) is 4.79 Å². The summed E-state index contributed by atoms with van der Waals surface area (Å²) in [5.74, 6) is -0.155. The Bertz CT molecular complexity index is 1170. The third-order valence-corrected chi connectivity index (χ3v) is 8.16. The molecule has 1 fully saturated rings. The van der Waals surface area contributed by atoms with E-state index in [0.29, 0.717) is 23.7 Å². The Labute approximate surface area is 180 Å².